The van der Waals surface area contributed by atoms with E-state index < -0.39 is 12.0 Å². The van der Waals surface area contributed by atoms with Crippen molar-refractivity contribution in [1.29, 1.82) is 0 Å². The fraction of sp³-hybridized carbons (Fsp3) is 0.364. The highest BCUT2D eigenvalue weighted by Crippen LogP contribution is 2.34. The molecular weight excluding hydrogens is 416 g/mol. The van der Waals surface area contributed by atoms with Gasteiger partial charge in [-0.15, -0.1) is 11.3 Å². The second kappa shape index (κ2) is 11.3. The number of thiophene rings is 1. The van der Waals surface area contributed by atoms with Crippen molar-refractivity contribution in [2.75, 3.05) is 29.9 Å². The van der Waals surface area contributed by atoms with Crippen LogP contribution in [0.3, 0.4) is 0 Å². The molecule has 8 nitrogen and oxygen atoms in total. The van der Waals surface area contributed by atoms with Crippen LogP contribution in [-0.2, 0) is 4.74 Å². The summed E-state index contributed by atoms with van der Waals surface area (Å²) in [7, 11) is 0. The van der Waals surface area contributed by atoms with Crippen molar-refractivity contribution in [2.24, 2.45) is 5.10 Å². The fourth-order valence-corrected chi connectivity index (χ4v) is 4.13. The molecule has 1 aromatic carbocycles. The van der Waals surface area contributed by atoms with E-state index in [1.165, 1.54) is 13.1 Å². The maximum Gasteiger partial charge on any atom is 0.341 e. The first-order valence-electron chi connectivity index (χ1n) is 10.1. The molecule has 2 rings (SSSR count). The molecule has 166 valence electrons. The number of hydrogen-bond acceptors (Lipinski definition) is 7. The van der Waals surface area contributed by atoms with Crippen LogP contribution in [0.1, 0.15) is 58.9 Å². The van der Waals surface area contributed by atoms with E-state index in [4.69, 9.17) is 4.74 Å². The number of hydrogen-bond donors (Lipinski definition) is 2. The van der Waals surface area contributed by atoms with E-state index in [0.29, 0.717) is 10.4 Å². The third-order valence-electron chi connectivity index (χ3n) is 4.57. The molecule has 0 radical (unpaired) electrons. The molecule has 2 amide bonds. The number of benzene rings is 1. The molecule has 31 heavy (non-hydrogen) atoms. The van der Waals surface area contributed by atoms with Crippen LogP contribution in [0.25, 0.3) is 0 Å². The number of Topliss-reactive ketones (excluding diaryl/α,β-unsaturated/α-hetero) is 1. The van der Waals surface area contributed by atoms with Gasteiger partial charge in [0.15, 0.2) is 5.78 Å². The Kier molecular flexibility index (Phi) is 8.75. The fourth-order valence-electron chi connectivity index (χ4n) is 3.04. The van der Waals surface area contributed by atoms with Gasteiger partial charge in [0.05, 0.1) is 23.3 Å². The van der Waals surface area contributed by atoms with E-state index >= 15 is 0 Å². The number of esters is 1. The zero-order valence-electron chi connectivity index (χ0n) is 18.4. The molecule has 0 atom stereocenters. The highest BCUT2D eigenvalue weighted by molar-refractivity contribution is 7.18. The zero-order chi connectivity index (χ0) is 23.0. The van der Waals surface area contributed by atoms with Crippen molar-refractivity contribution in [1.82, 2.24) is 5.43 Å². The first-order valence-corrected chi connectivity index (χ1v) is 10.9. The number of ether oxygens (including phenoxy) is 1. The molecule has 9 heteroatoms. The number of nitrogens with zero attached hydrogens (tertiary/aromatic N) is 2. The molecule has 0 aliphatic heterocycles. The Labute approximate surface area is 186 Å². The molecule has 1 aromatic heterocycles. The minimum absolute atomic E-state index is 0.183. The van der Waals surface area contributed by atoms with Crippen molar-refractivity contribution in [3.05, 3.63) is 45.8 Å². The number of urea groups is 1. The van der Waals surface area contributed by atoms with E-state index in [9.17, 15) is 14.4 Å². The molecule has 0 saturated heterocycles. The van der Waals surface area contributed by atoms with Crippen molar-refractivity contribution >= 4 is 46.0 Å². The van der Waals surface area contributed by atoms with Gasteiger partial charge >= 0.3 is 12.0 Å². The summed E-state index contributed by atoms with van der Waals surface area (Å²) in [4.78, 5) is 39.0. The van der Waals surface area contributed by atoms with Crippen molar-refractivity contribution in [3.8, 4) is 0 Å². The van der Waals surface area contributed by atoms with E-state index in [0.717, 1.165) is 35.7 Å². The first kappa shape index (κ1) is 24.1. The van der Waals surface area contributed by atoms with Crippen LogP contribution in [-0.4, -0.2) is 43.7 Å². The second-order valence-electron chi connectivity index (χ2n) is 6.62. The normalized spacial score (nSPS) is 10.7. The minimum atomic E-state index is -0.627. The SMILES string of the molecule is CCOC(=O)c1c(NC(=O)N/N=C/c2ccc(N(CC)CC)cc2)sc(C(C)=O)c1C. The number of ketones is 1. The van der Waals surface area contributed by atoms with E-state index in [-0.39, 0.29) is 23.0 Å². The Bertz CT molecular complexity index is 963. The topological polar surface area (TPSA) is 100 Å². The van der Waals surface area contributed by atoms with Gasteiger partial charge in [0.1, 0.15) is 5.00 Å². The maximum atomic E-state index is 12.3. The summed E-state index contributed by atoms with van der Waals surface area (Å²) in [6, 6.07) is 7.20. The lowest BCUT2D eigenvalue weighted by atomic mass is 10.1. The number of nitrogens with one attached hydrogen (secondary N) is 2. The van der Waals surface area contributed by atoms with Gasteiger partial charge in [-0.3, -0.25) is 10.1 Å². The van der Waals surface area contributed by atoms with Gasteiger partial charge in [0, 0.05) is 18.8 Å². The lowest BCUT2D eigenvalue weighted by Gasteiger charge is -2.20. The van der Waals surface area contributed by atoms with Crippen molar-refractivity contribution < 1.29 is 19.1 Å². The Hall–Kier alpha value is -3.20. The highest BCUT2D eigenvalue weighted by Gasteiger charge is 2.25. The van der Waals surface area contributed by atoms with Crippen molar-refractivity contribution in [2.45, 2.75) is 34.6 Å². The van der Waals surface area contributed by atoms with Gasteiger partial charge in [-0.05, 0) is 57.9 Å². The van der Waals surface area contributed by atoms with Gasteiger partial charge in [0.2, 0.25) is 0 Å². The molecular formula is C22H28N4O4S. The van der Waals surface area contributed by atoms with E-state index in [2.05, 4.69) is 34.6 Å². The largest absolute Gasteiger partial charge is 0.462 e. The summed E-state index contributed by atoms with van der Waals surface area (Å²) in [6.07, 6.45) is 1.53. The Morgan fingerprint density at radius 1 is 1.13 bits per heavy atom. The second-order valence-corrected chi connectivity index (χ2v) is 7.65. The van der Waals surface area contributed by atoms with Crippen LogP contribution in [0.5, 0.6) is 0 Å². The van der Waals surface area contributed by atoms with Crippen LogP contribution in [0.4, 0.5) is 15.5 Å². The summed E-state index contributed by atoms with van der Waals surface area (Å²) in [5, 5.41) is 6.78. The van der Waals surface area contributed by atoms with Crippen LogP contribution in [0.2, 0.25) is 0 Å². The summed E-state index contributed by atoms with van der Waals surface area (Å²) >= 11 is 1.04. The molecule has 0 bridgehead atoms. The summed E-state index contributed by atoms with van der Waals surface area (Å²) in [6.45, 7) is 11.0. The number of carbonyl (C=O) groups excluding carboxylic acids is 3. The molecule has 0 fully saturated rings. The summed E-state index contributed by atoms with van der Waals surface area (Å²) in [5.41, 5.74) is 4.99. The average Bonchev–Trinajstić information content (AvgIpc) is 3.06. The summed E-state index contributed by atoms with van der Waals surface area (Å²) < 4.78 is 5.06. The first-order chi connectivity index (χ1) is 14.8. The zero-order valence-corrected chi connectivity index (χ0v) is 19.3. The number of rotatable bonds is 9. The molecule has 0 aliphatic rings. The van der Waals surface area contributed by atoms with Gasteiger partial charge in [-0.1, -0.05) is 12.1 Å². The average molecular weight is 445 g/mol. The number of anilines is 2. The molecule has 0 spiro atoms. The molecule has 0 aliphatic carbocycles. The highest BCUT2D eigenvalue weighted by atomic mass is 32.1. The number of hydrazone groups is 1. The monoisotopic (exact) mass is 444 g/mol. The Morgan fingerprint density at radius 3 is 2.32 bits per heavy atom. The Morgan fingerprint density at radius 2 is 1.77 bits per heavy atom. The van der Waals surface area contributed by atoms with Gasteiger partial charge in [0.25, 0.3) is 0 Å². The molecule has 0 unspecified atom stereocenters. The Balaban J connectivity index is 2.08. The predicted octanol–water partition coefficient (Wildman–Crippen LogP) is 4.44. The van der Waals surface area contributed by atoms with Crippen LogP contribution in [0, 0.1) is 6.92 Å². The smallest absolute Gasteiger partial charge is 0.341 e. The molecule has 1 heterocycles. The maximum absolute atomic E-state index is 12.3. The minimum Gasteiger partial charge on any atom is -0.462 e. The van der Waals surface area contributed by atoms with E-state index in [1.807, 2.05) is 24.3 Å². The van der Waals surface area contributed by atoms with Crippen LogP contribution in [0.15, 0.2) is 29.4 Å². The third-order valence-corrected chi connectivity index (χ3v) is 5.88. The van der Waals surface area contributed by atoms with Crippen LogP contribution < -0.4 is 15.6 Å². The van der Waals surface area contributed by atoms with Crippen molar-refractivity contribution in [3.63, 3.8) is 0 Å². The predicted molar refractivity (Wildman–Crippen MR) is 125 cm³/mol. The van der Waals surface area contributed by atoms with E-state index in [1.54, 1.807) is 13.8 Å². The lowest BCUT2D eigenvalue weighted by molar-refractivity contribution is 0.0527. The number of carbonyl (C=O) groups is 3. The van der Waals surface area contributed by atoms with Gasteiger partial charge in [-0.25, -0.2) is 15.0 Å². The number of amides is 2. The lowest BCUT2D eigenvalue weighted by Crippen LogP contribution is -2.25. The standard InChI is InChI=1S/C22H28N4O4S/c1-6-26(7-2)17-11-9-16(10-12-17)13-23-25-22(29)24-20-18(21(28)30-8-3)14(4)19(31-20)15(5)27/h9-13H,6-8H2,1-5H3,(H2,24,25,29)/b23-13+. The quantitative estimate of drug-likeness (QED) is 0.258. The van der Waals surface area contributed by atoms with Gasteiger partial charge in [-0.2, -0.15) is 5.10 Å². The molecule has 2 N–H and O–H groups in total. The van der Waals surface area contributed by atoms with Crippen LogP contribution >= 0.6 is 11.3 Å². The third kappa shape index (κ3) is 6.14. The molecule has 2 aromatic rings. The van der Waals surface area contributed by atoms with Gasteiger partial charge < -0.3 is 9.64 Å². The summed E-state index contributed by atoms with van der Waals surface area (Å²) in [5.74, 6) is -0.775. The molecule has 0 saturated carbocycles.